The van der Waals surface area contributed by atoms with E-state index in [1.165, 1.54) is 19.1 Å². The fraction of sp³-hybridized carbons (Fsp3) is 0.600. The van der Waals surface area contributed by atoms with E-state index >= 15 is 0 Å². The van der Waals surface area contributed by atoms with Gasteiger partial charge in [0.2, 0.25) is 0 Å². The number of methoxy groups -OCH3 is 1. The van der Waals surface area contributed by atoms with Crippen LogP contribution in [0.5, 0.6) is 0 Å². The number of fused-ring (bicyclic) bond motifs is 1. The quantitative estimate of drug-likeness (QED) is 0.843. The second-order valence-corrected chi connectivity index (χ2v) is 5.50. The normalized spacial score (nSPS) is 24.3. The number of anilines is 1. The highest BCUT2D eigenvalue weighted by molar-refractivity contribution is 5.75. The maximum Gasteiger partial charge on any atom is 0.308 e. The Hall–Kier alpha value is -1.58. The summed E-state index contributed by atoms with van der Waals surface area (Å²) in [4.78, 5) is 16.0. The zero-order valence-electron chi connectivity index (χ0n) is 11.3. The van der Waals surface area contributed by atoms with Crippen molar-refractivity contribution in [1.29, 1.82) is 0 Å². The molecule has 19 heavy (non-hydrogen) atoms. The fourth-order valence-corrected chi connectivity index (χ4v) is 2.85. The topological polar surface area (TPSA) is 51.2 Å². The Morgan fingerprint density at radius 3 is 3.26 bits per heavy atom. The molecule has 0 aromatic carbocycles. The molecule has 102 valence electrons. The van der Waals surface area contributed by atoms with Crippen LogP contribution >= 0.6 is 0 Å². The molecule has 1 aromatic rings. The molecule has 0 bridgehead atoms. The molecule has 1 fully saturated rings. The Balaban J connectivity index is 1.55. The average Bonchev–Trinajstić information content (AvgIpc) is 3.23. The van der Waals surface area contributed by atoms with Gasteiger partial charge in [-0.05, 0) is 49.7 Å². The second kappa shape index (κ2) is 5.19. The van der Waals surface area contributed by atoms with Crippen molar-refractivity contribution in [3.05, 3.63) is 23.4 Å². The van der Waals surface area contributed by atoms with Gasteiger partial charge in [-0.3, -0.25) is 4.79 Å². The summed E-state index contributed by atoms with van der Waals surface area (Å²) < 4.78 is 4.77. The molecular weight excluding hydrogens is 240 g/mol. The first-order chi connectivity index (χ1) is 9.28. The maximum atomic E-state index is 11.3. The van der Waals surface area contributed by atoms with Crippen molar-refractivity contribution in [2.45, 2.75) is 32.1 Å². The molecule has 3 rings (SSSR count). The highest BCUT2D eigenvalue weighted by Crippen LogP contribution is 2.42. The standard InChI is InChI=1S/C15H20N2O2/c1-19-15(18)13-9-11(13)5-7-12-6-4-10-3-2-8-16-14(10)17-12/h4,6,11,13H,2-3,5,7-9H2,1H3,(H,16,17). The second-order valence-electron chi connectivity index (χ2n) is 5.50. The molecule has 4 nitrogen and oxygen atoms in total. The van der Waals surface area contributed by atoms with Gasteiger partial charge in [-0.25, -0.2) is 4.98 Å². The number of ether oxygens (including phenoxy) is 1. The number of hydrogen-bond donors (Lipinski definition) is 1. The maximum absolute atomic E-state index is 11.3. The number of esters is 1. The van der Waals surface area contributed by atoms with Gasteiger partial charge < -0.3 is 10.1 Å². The molecule has 0 amide bonds. The molecule has 0 spiro atoms. The summed E-state index contributed by atoms with van der Waals surface area (Å²) in [7, 11) is 1.47. The van der Waals surface area contributed by atoms with E-state index in [4.69, 9.17) is 4.74 Å². The molecule has 2 aliphatic rings. The minimum absolute atomic E-state index is 0.0509. The fourth-order valence-electron chi connectivity index (χ4n) is 2.85. The minimum atomic E-state index is -0.0509. The van der Waals surface area contributed by atoms with Gasteiger partial charge >= 0.3 is 5.97 Å². The van der Waals surface area contributed by atoms with Crippen LogP contribution in [0.2, 0.25) is 0 Å². The lowest BCUT2D eigenvalue weighted by molar-refractivity contribution is -0.142. The first kappa shape index (κ1) is 12.5. The molecule has 1 N–H and O–H groups in total. The lowest BCUT2D eigenvalue weighted by Gasteiger charge is -2.17. The molecule has 2 atom stereocenters. The SMILES string of the molecule is COC(=O)C1CC1CCc1ccc2c(n1)NCCC2. The van der Waals surface area contributed by atoms with Crippen LogP contribution < -0.4 is 5.32 Å². The van der Waals surface area contributed by atoms with Gasteiger partial charge in [0.05, 0.1) is 13.0 Å². The van der Waals surface area contributed by atoms with E-state index in [0.29, 0.717) is 5.92 Å². The van der Waals surface area contributed by atoms with Crippen LogP contribution in [-0.2, 0) is 22.4 Å². The van der Waals surface area contributed by atoms with E-state index < -0.39 is 0 Å². The van der Waals surface area contributed by atoms with Crippen molar-refractivity contribution >= 4 is 11.8 Å². The Kier molecular flexibility index (Phi) is 3.40. The summed E-state index contributed by atoms with van der Waals surface area (Å²) in [6.07, 6.45) is 5.29. The van der Waals surface area contributed by atoms with Gasteiger partial charge in [0.1, 0.15) is 5.82 Å². The first-order valence-corrected chi connectivity index (χ1v) is 7.08. The number of hydrogen-bond acceptors (Lipinski definition) is 4. The van der Waals surface area contributed by atoms with Crippen molar-refractivity contribution in [2.24, 2.45) is 11.8 Å². The minimum Gasteiger partial charge on any atom is -0.469 e. The number of aryl methyl sites for hydroxylation is 2. The van der Waals surface area contributed by atoms with Gasteiger partial charge in [0.15, 0.2) is 0 Å². The van der Waals surface area contributed by atoms with Crippen LogP contribution in [0.15, 0.2) is 12.1 Å². The lowest BCUT2D eigenvalue weighted by Crippen LogP contribution is -2.14. The molecule has 4 heteroatoms. The summed E-state index contributed by atoms with van der Waals surface area (Å²) in [6, 6.07) is 4.32. The summed E-state index contributed by atoms with van der Waals surface area (Å²) in [5, 5.41) is 3.36. The van der Waals surface area contributed by atoms with Gasteiger partial charge in [-0.15, -0.1) is 0 Å². The van der Waals surface area contributed by atoms with Crippen LogP contribution in [0.1, 0.15) is 30.5 Å². The molecule has 1 aliphatic heterocycles. The predicted octanol–water partition coefficient (Wildman–Crippen LogP) is 2.18. The monoisotopic (exact) mass is 260 g/mol. The van der Waals surface area contributed by atoms with Crippen molar-refractivity contribution in [1.82, 2.24) is 4.98 Å². The number of nitrogens with zero attached hydrogens (tertiary/aromatic N) is 1. The van der Waals surface area contributed by atoms with Crippen LogP contribution in [0.4, 0.5) is 5.82 Å². The highest BCUT2D eigenvalue weighted by Gasteiger charge is 2.43. The largest absolute Gasteiger partial charge is 0.469 e. The summed E-state index contributed by atoms with van der Waals surface area (Å²) in [6.45, 7) is 1.02. The molecule has 2 heterocycles. The van der Waals surface area contributed by atoms with Crippen molar-refractivity contribution in [3.63, 3.8) is 0 Å². The third-order valence-corrected chi connectivity index (χ3v) is 4.15. The third-order valence-electron chi connectivity index (χ3n) is 4.15. The molecule has 0 saturated heterocycles. The molecule has 1 aromatic heterocycles. The molecule has 2 unspecified atom stereocenters. The van der Waals surface area contributed by atoms with Crippen LogP contribution in [0.3, 0.4) is 0 Å². The first-order valence-electron chi connectivity index (χ1n) is 7.08. The van der Waals surface area contributed by atoms with E-state index in [-0.39, 0.29) is 11.9 Å². The third kappa shape index (κ3) is 2.72. The molecular formula is C15H20N2O2. The van der Waals surface area contributed by atoms with E-state index in [1.807, 2.05) is 0 Å². The van der Waals surface area contributed by atoms with Crippen LogP contribution in [-0.4, -0.2) is 24.6 Å². The zero-order chi connectivity index (χ0) is 13.2. The predicted molar refractivity (Wildman–Crippen MR) is 73.0 cm³/mol. The Bertz CT molecular complexity index is 487. The molecule has 1 saturated carbocycles. The van der Waals surface area contributed by atoms with E-state index in [9.17, 15) is 4.79 Å². The Morgan fingerprint density at radius 2 is 2.42 bits per heavy atom. The van der Waals surface area contributed by atoms with Gasteiger partial charge in [0, 0.05) is 12.2 Å². The smallest absolute Gasteiger partial charge is 0.308 e. The van der Waals surface area contributed by atoms with Gasteiger partial charge in [0.25, 0.3) is 0 Å². The average molecular weight is 260 g/mol. The van der Waals surface area contributed by atoms with Crippen LogP contribution in [0, 0.1) is 11.8 Å². The van der Waals surface area contributed by atoms with Crippen LogP contribution in [0.25, 0.3) is 0 Å². The number of carbonyl (C=O) groups excluding carboxylic acids is 1. The summed E-state index contributed by atoms with van der Waals surface area (Å²) in [5.41, 5.74) is 2.46. The number of aromatic nitrogens is 1. The van der Waals surface area contributed by atoms with Crippen molar-refractivity contribution in [3.8, 4) is 0 Å². The Labute approximate surface area is 113 Å². The van der Waals surface area contributed by atoms with Crippen molar-refractivity contribution in [2.75, 3.05) is 19.0 Å². The Morgan fingerprint density at radius 1 is 1.53 bits per heavy atom. The summed E-state index contributed by atoms with van der Waals surface area (Å²) >= 11 is 0. The number of nitrogens with one attached hydrogen (secondary N) is 1. The number of pyridine rings is 1. The van der Waals surface area contributed by atoms with E-state index in [2.05, 4.69) is 22.4 Å². The van der Waals surface area contributed by atoms with E-state index in [0.717, 1.165) is 43.7 Å². The zero-order valence-corrected chi connectivity index (χ0v) is 11.3. The van der Waals surface area contributed by atoms with Crippen molar-refractivity contribution < 1.29 is 9.53 Å². The highest BCUT2D eigenvalue weighted by atomic mass is 16.5. The van der Waals surface area contributed by atoms with E-state index in [1.54, 1.807) is 0 Å². The van der Waals surface area contributed by atoms with Gasteiger partial charge in [-0.1, -0.05) is 6.07 Å². The number of rotatable bonds is 4. The van der Waals surface area contributed by atoms with Gasteiger partial charge in [-0.2, -0.15) is 0 Å². The summed E-state index contributed by atoms with van der Waals surface area (Å²) in [5.74, 6) is 1.65. The molecule has 0 radical (unpaired) electrons. The lowest BCUT2D eigenvalue weighted by atomic mass is 10.1. The molecule has 1 aliphatic carbocycles. The number of carbonyl (C=O) groups is 1.